The fourth-order valence-electron chi connectivity index (χ4n) is 3.63. The third kappa shape index (κ3) is 4.88. The van der Waals surface area contributed by atoms with Gasteiger partial charge in [0.05, 0.1) is 25.1 Å². The van der Waals surface area contributed by atoms with Crippen LogP contribution in [0.15, 0.2) is 120 Å². The number of rotatable bonds is 8. The van der Waals surface area contributed by atoms with Crippen molar-refractivity contribution in [3.8, 4) is 0 Å². The Hall–Kier alpha value is -3.89. The standard InChI is InChI=1S/C28H25N3O/c1-4-10-24(11-5-1)30(21-28-22-32-28)29-20-23-16-18-27(19-17-23)31(25-12-6-2-7-13-25)26-14-8-3-9-15-26/h1-20,28H,21-22H2. The van der Waals surface area contributed by atoms with E-state index in [0.717, 1.165) is 41.5 Å². The molecule has 0 radical (unpaired) electrons. The average Bonchev–Trinajstić information content (AvgIpc) is 3.69. The van der Waals surface area contributed by atoms with E-state index < -0.39 is 0 Å². The lowest BCUT2D eigenvalue weighted by Crippen LogP contribution is -2.22. The van der Waals surface area contributed by atoms with Crippen molar-refractivity contribution in [2.75, 3.05) is 23.1 Å². The van der Waals surface area contributed by atoms with Crippen LogP contribution >= 0.6 is 0 Å². The second-order valence-electron chi connectivity index (χ2n) is 7.72. The van der Waals surface area contributed by atoms with Crippen molar-refractivity contribution in [3.63, 3.8) is 0 Å². The molecule has 0 spiro atoms. The lowest BCUT2D eigenvalue weighted by molar-refractivity contribution is 0.408. The van der Waals surface area contributed by atoms with Crippen LogP contribution < -0.4 is 9.91 Å². The van der Waals surface area contributed by atoms with Crippen molar-refractivity contribution in [2.24, 2.45) is 5.10 Å². The molecule has 1 saturated heterocycles. The van der Waals surface area contributed by atoms with Gasteiger partial charge in [-0.25, -0.2) is 0 Å². The first-order valence-electron chi connectivity index (χ1n) is 10.9. The zero-order valence-corrected chi connectivity index (χ0v) is 17.8. The van der Waals surface area contributed by atoms with Crippen molar-refractivity contribution in [1.29, 1.82) is 0 Å². The molecule has 0 amide bonds. The minimum atomic E-state index is 0.264. The smallest absolute Gasteiger partial charge is 0.101 e. The summed E-state index contributed by atoms with van der Waals surface area (Å²) in [5.74, 6) is 0. The Labute approximate surface area is 189 Å². The molecular formula is C28H25N3O. The average molecular weight is 420 g/mol. The Morgan fingerprint density at radius 2 is 1.12 bits per heavy atom. The Bertz CT molecular complexity index is 1100. The van der Waals surface area contributed by atoms with Gasteiger partial charge in [-0.3, -0.25) is 5.01 Å². The van der Waals surface area contributed by atoms with Crippen molar-refractivity contribution in [3.05, 3.63) is 121 Å². The molecule has 4 nitrogen and oxygen atoms in total. The monoisotopic (exact) mass is 419 g/mol. The molecule has 0 saturated carbocycles. The minimum Gasteiger partial charge on any atom is -0.371 e. The van der Waals surface area contributed by atoms with E-state index in [0.29, 0.717) is 0 Å². The van der Waals surface area contributed by atoms with Gasteiger partial charge in [0, 0.05) is 17.1 Å². The molecule has 1 aliphatic heterocycles. The van der Waals surface area contributed by atoms with Gasteiger partial charge in [-0.15, -0.1) is 0 Å². The van der Waals surface area contributed by atoms with E-state index in [1.807, 2.05) is 41.6 Å². The fourth-order valence-corrected chi connectivity index (χ4v) is 3.63. The maximum Gasteiger partial charge on any atom is 0.101 e. The van der Waals surface area contributed by atoms with Gasteiger partial charge in [0.25, 0.3) is 0 Å². The van der Waals surface area contributed by atoms with Gasteiger partial charge in [0.15, 0.2) is 0 Å². The molecule has 1 aliphatic rings. The number of hydrazone groups is 1. The van der Waals surface area contributed by atoms with Gasteiger partial charge in [-0.05, 0) is 54.1 Å². The molecule has 4 aromatic carbocycles. The SMILES string of the molecule is C(=NN(CC1CO1)c1ccccc1)c1ccc(N(c2ccccc2)c2ccccc2)cc1. The lowest BCUT2D eigenvalue weighted by atomic mass is 10.1. The molecule has 0 aromatic heterocycles. The van der Waals surface area contributed by atoms with Crippen molar-refractivity contribution >= 4 is 29.0 Å². The summed E-state index contributed by atoms with van der Waals surface area (Å²) in [4.78, 5) is 2.25. The van der Waals surface area contributed by atoms with Crippen LogP contribution in [0.5, 0.6) is 0 Å². The third-order valence-corrected chi connectivity index (χ3v) is 5.36. The highest BCUT2D eigenvalue weighted by Crippen LogP contribution is 2.33. The zero-order valence-electron chi connectivity index (χ0n) is 17.8. The largest absolute Gasteiger partial charge is 0.371 e. The number of epoxide rings is 1. The normalized spacial score (nSPS) is 14.9. The van der Waals surface area contributed by atoms with Gasteiger partial charge in [0.1, 0.15) is 6.10 Å². The molecule has 0 bridgehead atoms. The molecule has 4 heteroatoms. The Morgan fingerprint density at radius 1 is 0.656 bits per heavy atom. The molecule has 1 unspecified atom stereocenters. The number of ether oxygens (including phenoxy) is 1. The van der Waals surface area contributed by atoms with Crippen molar-refractivity contribution in [1.82, 2.24) is 0 Å². The fraction of sp³-hybridized carbons (Fsp3) is 0.107. The molecule has 0 aliphatic carbocycles. The Balaban J connectivity index is 1.39. The highest BCUT2D eigenvalue weighted by atomic mass is 16.6. The summed E-state index contributed by atoms with van der Waals surface area (Å²) < 4.78 is 5.42. The van der Waals surface area contributed by atoms with Gasteiger partial charge >= 0.3 is 0 Å². The molecule has 0 N–H and O–H groups in total. The number of nitrogens with zero attached hydrogens (tertiary/aromatic N) is 3. The molecule has 32 heavy (non-hydrogen) atoms. The number of hydrogen-bond donors (Lipinski definition) is 0. The van der Waals surface area contributed by atoms with E-state index in [2.05, 4.69) is 89.8 Å². The number of para-hydroxylation sites is 3. The summed E-state index contributed by atoms with van der Waals surface area (Å²) in [6.07, 6.45) is 2.18. The van der Waals surface area contributed by atoms with Crippen LogP contribution in [0.3, 0.4) is 0 Å². The van der Waals surface area contributed by atoms with Gasteiger partial charge in [0.2, 0.25) is 0 Å². The first-order chi connectivity index (χ1) is 15.9. The summed E-state index contributed by atoms with van der Waals surface area (Å²) in [6, 6.07) is 39.5. The summed E-state index contributed by atoms with van der Waals surface area (Å²) in [5, 5.41) is 6.76. The van der Waals surface area contributed by atoms with Crippen LogP contribution in [-0.2, 0) is 4.74 Å². The first-order valence-corrected chi connectivity index (χ1v) is 10.9. The maximum absolute atomic E-state index is 5.42. The maximum atomic E-state index is 5.42. The summed E-state index contributed by atoms with van der Waals surface area (Å²) in [7, 11) is 0. The van der Waals surface area contributed by atoms with E-state index in [1.54, 1.807) is 0 Å². The van der Waals surface area contributed by atoms with Gasteiger partial charge in [-0.1, -0.05) is 66.7 Å². The van der Waals surface area contributed by atoms with Gasteiger partial charge < -0.3 is 9.64 Å². The molecule has 4 aromatic rings. The van der Waals surface area contributed by atoms with E-state index in [1.165, 1.54) is 0 Å². The Kier molecular flexibility index (Phi) is 5.95. The topological polar surface area (TPSA) is 31.4 Å². The van der Waals surface area contributed by atoms with E-state index in [9.17, 15) is 0 Å². The van der Waals surface area contributed by atoms with Crippen molar-refractivity contribution < 1.29 is 4.74 Å². The van der Waals surface area contributed by atoms with Crippen LogP contribution in [0.2, 0.25) is 0 Å². The third-order valence-electron chi connectivity index (χ3n) is 5.36. The second kappa shape index (κ2) is 9.50. The molecular weight excluding hydrogens is 394 g/mol. The number of anilines is 4. The quantitative estimate of drug-likeness (QED) is 0.188. The Morgan fingerprint density at radius 3 is 1.62 bits per heavy atom. The summed E-state index contributed by atoms with van der Waals surface area (Å²) in [6.45, 7) is 1.57. The lowest BCUT2D eigenvalue weighted by Gasteiger charge is -2.25. The summed E-state index contributed by atoms with van der Waals surface area (Å²) >= 11 is 0. The number of hydrogen-bond acceptors (Lipinski definition) is 4. The van der Waals surface area contributed by atoms with Crippen LogP contribution in [0.1, 0.15) is 5.56 Å². The second-order valence-corrected chi connectivity index (χ2v) is 7.72. The minimum absolute atomic E-state index is 0.264. The van der Waals surface area contributed by atoms with E-state index in [4.69, 9.17) is 9.84 Å². The van der Waals surface area contributed by atoms with E-state index in [-0.39, 0.29) is 6.10 Å². The first kappa shape index (κ1) is 20.0. The van der Waals surface area contributed by atoms with Crippen LogP contribution in [0.4, 0.5) is 22.7 Å². The predicted octanol–water partition coefficient (Wildman–Crippen LogP) is 6.40. The zero-order chi connectivity index (χ0) is 21.6. The molecule has 1 atom stereocenters. The molecule has 1 heterocycles. The molecule has 158 valence electrons. The van der Waals surface area contributed by atoms with Crippen LogP contribution in [0.25, 0.3) is 0 Å². The van der Waals surface area contributed by atoms with Crippen LogP contribution in [-0.4, -0.2) is 25.5 Å². The van der Waals surface area contributed by atoms with Crippen molar-refractivity contribution in [2.45, 2.75) is 6.10 Å². The summed E-state index contributed by atoms with van der Waals surface area (Å²) in [5.41, 5.74) is 5.47. The molecule has 1 fully saturated rings. The van der Waals surface area contributed by atoms with E-state index >= 15 is 0 Å². The number of benzene rings is 4. The predicted molar refractivity (Wildman–Crippen MR) is 132 cm³/mol. The highest BCUT2D eigenvalue weighted by molar-refractivity contribution is 5.83. The molecule has 5 rings (SSSR count). The van der Waals surface area contributed by atoms with Gasteiger partial charge in [-0.2, -0.15) is 5.10 Å². The highest BCUT2D eigenvalue weighted by Gasteiger charge is 2.25. The van der Waals surface area contributed by atoms with Crippen LogP contribution in [0, 0.1) is 0 Å².